The van der Waals surface area contributed by atoms with Crippen molar-refractivity contribution in [1.29, 1.82) is 0 Å². The van der Waals surface area contributed by atoms with Gasteiger partial charge in [-0.1, -0.05) is 5.16 Å². The van der Waals surface area contributed by atoms with E-state index in [9.17, 15) is 9.59 Å². The molecule has 2 aromatic rings. The Kier molecular flexibility index (Phi) is 6.73. The van der Waals surface area contributed by atoms with E-state index in [1.807, 2.05) is 17.2 Å². The van der Waals surface area contributed by atoms with Gasteiger partial charge in [0.15, 0.2) is 10.9 Å². The molecule has 0 radical (unpaired) electrons. The van der Waals surface area contributed by atoms with Gasteiger partial charge in [0.1, 0.15) is 5.76 Å². The molecule has 8 nitrogen and oxygen atoms in total. The summed E-state index contributed by atoms with van der Waals surface area (Å²) in [6.07, 6.45) is 0.918. The van der Waals surface area contributed by atoms with Crippen LogP contribution in [0.4, 0.5) is 10.9 Å². The van der Waals surface area contributed by atoms with E-state index in [4.69, 9.17) is 4.52 Å². The van der Waals surface area contributed by atoms with Crippen LogP contribution in [0.25, 0.3) is 0 Å². The topological polar surface area (TPSA) is 91.6 Å². The maximum absolute atomic E-state index is 12.5. The summed E-state index contributed by atoms with van der Waals surface area (Å²) in [4.78, 5) is 33.0. The second-order valence-corrected chi connectivity index (χ2v) is 8.18. The van der Waals surface area contributed by atoms with Crippen LogP contribution < -0.4 is 10.2 Å². The number of thiazole rings is 1. The van der Waals surface area contributed by atoms with Crippen molar-refractivity contribution in [1.82, 2.24) is 15.0 Å². The molecule has 0 bridgehead atoms. The summed E-state index contributed by atoms with van der Waals surface area (Å²) in [5, 5.41) is 9.44. The number of aromatic nitrogens is 2. The molecule has 1 N–H and O–H groups in total. The summed E-state index contributed by atoms with van der Waals surface area (Å²) in [6.45, 7) is 6.87. The second kappa shape index (κ2) is 9.23. The predicted molar refractivity (Wildman–Crippen MR) is 107 cm³/mol. The highest BCUT2D eigenvalue weighted by Gasteiger charge is 2.20. The van der Waals surface area contributed by atoms with E-state index in [1.54, 1.807) is 24.3 Å². The zero-order chi connectivity index (χ0) is 19.2. The van der Waals surface area contributed by atoms with Crippen LogP contribution in [-0.2, 0) is 9.59 Å². The third-order valence-corrected chi connectivity index (χ3v) is 6.02. The van der Waals surface area contributed by atoms with E-state index < -0.39 is 0 Å². The van der Waals surface area contributed by atoms with E-state index in [1.165, 1.54) is 11.8 Å². The number of nitrogens with zero attached hydrogens (tertiary/aromatic N) is 4. The third-order valence-electron chi connectivity index (χ3n) is 4.08. The molecule has 3 heterocycles. The van der Waals surface area contributed by atoms with Crippen LogP contribution in [0.1, 0.15) is 17.9 Å². The lowest BCUT2D eigenvalue weighted by Crippen LogP contribution is -2.36. The number of rotatable bonds is 6. The zero-order valence-corrected chi connectivity index (χ0v) is 17.1. The van der Waals surface area contributed by atoms with Crippen LogP contribution in [-0.4, -0.2) is 64.5 Å². The van der Waals surface area contributed by atoms with Gasteiger partial charge in [-0.3, -0.25) is 9.59 Å². The highest BCUT2D eigenvalue weighted by Crippen LogP contribution is 2.21. The molecule has 27 heavy (non-hydrogen) atoms. The number of hydrogen-bond acceptors (Lipinski definition) is 8. The van der Waals surface area contributed by atoms with Crippen LogP contribution in [0.5, 0.6) is 0 Å². The first kappa shape index (κ1) is 19.7. The maximum Gasteiger partial charge on any atom is 0.235 e. The Morgan fingerprint density at radius 3 is 2.81 bits per heavy atom. The molecule has 3 rings (SSSR count). The molecule has 0 atom stereocenters. The Hall–Kier alpha value is -2.07. The van der Waals surface area contributed by atoms with Gasteiger partial charge in [0.2, 0.25) is 11.8 Å². The van der Waals surface area contributed by atoms with Crippen molar-refractivity contribution in [3.05, 3.63) is 22.9 Å². The standard InChI is InChI=1S/C17H23N5O3S2/c1-12-9-27-17(18-12)22-5-3-4-21(6-7-22)16(24)11-26-10-15(23)19-14-8-13(2)25-20-14/h8-9H,3-7,10-11H2,1-2H3,(H,19,20,23). The fourth-order valence-electron chi connectivity index (χ4n) is 2.77. The van der Waals surface area contributed by atoms with Crippen LogP contribution in [0.2, 0.25) is 0 Å². The normalized spacial score (nSPS) is 14.9. The van der Waals surface area contributed by atoms with Crippen LogP contribution in [0, 0.1) is 13.8 Å². The van der Waals surface area contributed by atoms with E-state index in [-0.39, 0.29) is 17.6 Å². The van der Waals surface area contributed by atoms with Crippen LogP contribution in [0.3, 0.4) is 0 Å². The minimum absolute atomic E-state index is 0.0715. The predicted octanol–water partition coefficient (Wildman–Crippen LogP) is 2.16. The van der Waals surface area contributed by atoms with Crippen LogP contribution >= 0.6 is 23.1 Å². The summed E-state index contributed by atoms with van der Waals surface area (Å²) in [7, 11) is 0. The average molecular weight is 410 g/mol. The Morgan fingerprint density at radius 2 is 2.11 bits per heavy atom. The first-order valence-corrected chi connectivity index (χ1v) is 10.8. The average Bonchev–Trinajstić information content (AvgIpc) is 3.15. The lowest BCUT2D eigenvalue weighted by atomic mass is 10.4. The maximum atomic E-state index is 12.5. The summed E-state index contributed by atoms with van der Waals surface area (Å²) in [5.41, 5.74) is 1.03. The van der Waals surface area contributed by atoms with Gasteiger partial charge in [0, 0.05) is 37.6 Å². The molecule has 0 aromatic carbocycles. The van der Waals surface area contributed by atoms with Crippen molar-refractivity contribution in [2.45, 2.75) is 20.3 Å². The zero-order valence-electron chi connectivity index (χ0n) is 15.4. The minimum Gasteiger partial charge on any atom is -0.360 e. The number of carbonyl (C=O) groups excluding carboxylic acids is 2. The Bertz CT molecular complexity index is 791. The van der Waals surface area contributed by atoms with Gasteiger partial charge in [-0.2, -0.15) is 0 Å². The summed E-state index contributed by atoms with van der Waals surface area (Å²) >= 11 is 2.96. The number of anilines is 2. The molecule has 0 spiro atoms. The molecule has 0 saturated carbocycles. The van der Waals surface area contributed by atoms with Crippen molar-refractivity contribution in [3.63, 3.8) is 0 Å². The number of aryl methyl sites for hydroxylation is 2. The lowest BCUT2D eigenvalue weighted by molar-refractivity contribution is -0.128. The molecule has 0 aliphatic carbocycles. The van der Waals surface area contributed by atoms with E-state index in [0.717, 1.165) is 36.9 Å². The number of amides is 2. The SMILES string of the molecule is Cc1csc(N2CCCN(C(=O)CSCC(=O)Nc3cc(C)on3)CC2)n1. The van der Waals surface area contributed by atoms with Gasteiger partial charge in [-0.25, -0.2) is 4.98 Å². The summed E-state index contributed by atoms with van der Waals surface area (Å²) < 4.78 is 4.90. The smallest absolute Gasteiger partial charge is 0.235 e. The molecule has 10 heteroatoms. The molecule has 1 aliphatic heterocycles. The lowest BCUT2D eigenvalue weighted by Gasteiger charge is -2.21. The molecular formula is C17H23N5O3S2. The van der Waals surface area contributed by atoms with Gasteiger partial charge in [-0.15, -0.1) is 23.1 Å². The van der Waals surface area contributed by atoms with Crippen molar-refractivity contribution in [2.75, 3.05) is 47.9 Å². The minimum atomic E-state index is -0.192. The number of hydrogen-bond donors (Lipinski definition) is 1. The van der Waals surface area contributed by atoms with E-state index in [2.05, 4.69) is 20.4 Å². The molecule has 1 aliphatic rings. The largest absolute Gasteiger partial charge is 0.360 e. The Labute approximate surface area is 166 Å². The van der Waals surface area contributed by atoms with Crippen molar-refractivity contribution in [3.8, 4) is 0 Å². The number of carbonyl (C=O) groups is 2. The molecule has 1 saturated heterocycles. The Morgan fingerprint density at radius 1 is 1.26 bits per heavy atom. The van der Waals surface area contributed by atoms with Crippen molar-refractivity contribution >= 4 is 45.9 Å². The third kappa shape index (κ3) is 5.70. The monoisotopic (exact) mass is 409 g/mol. The summed E-state index contributed by atoms with van der Waals surface area (Å²) in [6, 6.07) is 1.65. The van der Waals surface area contributed by atoms with Crippen molar-refractivity contribution in [2.24, 2.45) is 0 Å². The summed E-state index contributed by atoms with van der Waals surface area (Å²) in [5.74, 6) is 1.41. The fourth-order valence-corrected chi connectivity index (χ4v) is 4.35. The molecule has 0 unspecified atom stereocenters. The van der Waals surface area contributed by atoms with E-state index in [0.29, 0.717) is 23.9 Å². The molecule has 146 valence electrons. The van der Waals surface area contributed by atoms with Crippen LogP contribution in [0.15, 0.2) is 16.0 Å². The number of thioether (sulfide) groups is 1. The van der Waals surface area contributed by atoms with Crippen molar-refractivity contribution < 1.29 is 14.1 Å². The van der Waals surface area contributed by atoms with Gasteiger partial charge in [-0.05, 0) is 20.3 Å². The first-order chi connectivity index (χ1) is 13.0. The highest BCUT2D eigenvalue weighted by molar-refractivity contribution is 8.00. The first-order valence-electron chi connectivity index (χ1n) is 8.77. The highest BCUT2D eigenvalue weighted by atomic mass is 32.2. The van der Waals surface area contributed by atoms with Gasteiger partial charge >= 0.3 is 0 Å². The quantitative estimate of drug-likeness (QED) is 0.782. The molecule has 2 aromatic heterocycles. The molecule has 1 fully saturated rings. The second-order valence-electron chi connectivity index (χ2n) is 6.36. The van der Waals surface area contributed by atoms with Gasteiger partial charge in [0.25, 0.3) is 0 Å². The van der Waals surface area contributed by atoms with E-state index >= 15 is 0 Å². The molecule has 2 amide bonds. The van der Waals surface area contributed by atoms with Gasteiger partial charge < -0.3 is 19.6 Å². The van der Waals surface area contributed by atoms with Gasteiger partial charge in [0.05, 0.1) is 17.2 Å². The molecular weight excluding hydrogens is 386 g/mol. The number of nitrogens with one attached hydrogen (secondary N) is 1. The fraction of sp³-hybridized carbons (Fsp3) is 0.529. The Balaban J connectivity index is 1.39.